The van der Waals surface area contributed by atoms with Crippen LogP contribution in [0.15, 0.2) is 4.99 Å². The summed E-state index contributed by atoms with van der Waals surface area (Å²) in [5.74, 6) is 0.932. The third-order valence-corrected chi connectivity index (χ3v) is 1.56. The molecule has 1 aliphatic heterocycles. The third-order valence-electron chi connectivity index (χ3n) is 1.56. The fraction of sp³-hybridized carbons (Fsp3) is 0.833. The Balaban J connectivity index is 2.53. The molecule has 0 radical (unpaired) electrons. The molecule has 9 heavy (non-hydrogen) atoms. The minimum atomic E-state index is 0.0741. The topological polar surface area (TPSA) is 44.6 Å². The number of nitrogens with zero attached hydrogens (tertiary/aromatic N) is 1. The van der Waals surface area contributed by atoms with Gasteiger partial charge in [0.1, 0.15) is 0 Å². The molecular weight excluding hydrogens is 116 g/mol. The molecule has 0 aromatic heterocycles. The van der Waals surface area contributed by atoms with E-state index in [1.807, 2.05) is 13.8 Å². The summed E-state index contributed by atoms with van der Waals surface area (Å²) in [5.41, 5.74) is 0. The monoisotopic (exact) mass is 128 g/mol. The van der Waals surface area contributed by atoms with Gasteiger partial charge in [-0.2, -0.15) is 0 Å². The van der Waals surface area contributed by atoms with Gasteiger partial charge in [0.25, 0.3) is 0 Å². The van der Waals surface area contributed by atoms with Crippen molar-refractivity contribution < 1.29 is 5.11 Å². The van der Waals surface area contributed by atoms with Crippen molar-refractivity contribution in [2.24, 2.45) is 4.99 Å². The van der Waals surface area contributed by atoms with E-state index < -0.39 is 0 Å². The molecule has 0 unspecified atom stereocenters. The lowest BCUT2D eigenvalue weighted by molar-refractivity contribution is 0.256. The summed E-state index contributed by atoms with van der Waals surface area (Å²) in [6.07, 6.45) is 0. The Kier molecular flexibility index (Phi) is 1.71. The third kappa shape index (κ3) is 1.21. The van der Waals surface area contributed by atoms with E-state index in [9.17, 15) is 0 Å². The highest BCUT2D eigenvalue weighted by Crippen LogP contribution is 2.04. The van der Waals surface area contributed by atoms with Gasteiger partial charge in [0.15, 0.2) is 0 Å². The van der Waals surface area contributed by atoms with Crippen LogP contribution in [-0.4, -0.2) is 29.6 Å². The molecular formula is C6H12N2O. The number of amidine groups is 1. The van der Waals surface area contributed by atoms with Gasteiger partial charge in [-0.1, -0.05) is 0 Å². The summed E-state index contributed by atoms with van der Waals surface area (Å²) in [6.45, 7) is 4.07. The molecule has 0 saturated carbocycles. The van der Waals surface area contributed by atoms with Crippen LogP contribution >= 0.6 is 0 Å². The number of hydrogen-bond acceptors (Lipinski definition) is 3. The molecule has 0 aromatic rings. The van der Waals surface area contributed by atoms with Crippen molar-refractivity contribution in [3.63, 3.8) is 0 Å². The largest absolute Gasteiger partial charge is 0.394 e. The maximum absolute atomic E-state index is 8.71. The second-order valence-electron chi connectivity index (χ2n) is 2.40. The van der Waals surface area contributed by atoms with Gasteiger partial charge in [0.2, 0.25) is 0 Å². The van der Waals surface area contributed by atoms with E-state index in [0.29, 0.717) is 6.04 Å². The molecule has 0 spiro atoms. The average molecular weight is 128 g/mol. The molecule has 0 aliphatic carbocycles. The molecule has 1 aliphatic rings. The van der Waals surface area contributed by atoms with Crippen LogP contribution in [0, 0.1) is 0 Å². The summed E-state index contributed by atoms with van der Waals surface area (Å²) in [7, 11) is 0. The summed E-state index contributed by atoms with van der Waals surface area (Å²) < 4.78 is 0. The average Bonchev–Trinajstić information content (AvgIpc) is 2.10. The zero-order valence-corrected chi connectivity index (χ0v) is 5.76. The lowest BCUT2D eigenvalue weighted by Gasteiger charge is -2.08. The van der Waals surface area contributed by atoms with Gasteiger partial charge in [0, 0.05) is 6.04 Å². The van der Waals surface area contributed by atoms with Crippen LogP contribution in [0.25, 0.3) is 0 Å². The zero-order valence-electron chi connectivity index (χ0n) is 5.76. The molecule has 0 saturated heterocycles. The quantitative estimate of drug-likeness (QED) is 0.512. The fourth-order valence-corrected chi connectivity index (χ4v) is 1.02. The Morgan fingerprint density at radius 3 is 2.67 bits per heavy atom. The Morgan fingerprint density at radius 1 is 1.78 bits per heavy atom. The smallest absolute Gasteiger partial charge is 0.0948 e. The van der Waals surface area contributed by atoms with Crippen LogP contribution < -0.4 is 5.32 Å². The second kappa shape index (κ2) is 2.35. The molecule has 1 rings (SSSR count). The van der Waals surface area contributed by atoms with E-state index in [4.69, 9.17) is 5.11 Å². The van der Waals surface area contributed by atoms with Crippen LogP contribution in [-0.2, 0) is 0 Å². The van der Waals surface area contributed by atoms with Gasteiger partial charge >= 0.3 is 0 Å². The first kappa shape index (κ1) is 6.55. The minimum absolute atomic E-state index is 0.0741. The molecule has 3 nitrogen and oxygen atoms in total. The molecule has 0 amide bonds. The van der Waals surface area contributed by atoms with E-state index >= 15 is 0 Å². The molecule has 0 fully saturated rings. The Bertz CT molecular complexity index is 133. The van der Waals surface area contributed by atoms with Gasteiger partial charge in [0.05, 0.1) is 18.5 Å². The fourth-order valence-electron chi connectivity index (χ4n) is 1.02. The van der Waals surface area contributed by atoms with E-state index in [2.05, 4.69) is 10.3 Å². The van der Waals surface area contributed by atoms with Gasteiger partial charge in [-0.3, -0.25) is 4.99 Å². The van der Waals surface area contributed by atoms with E-state index in [0.717, 1.165) is 5.84 Å². The van der Waals surface area contributed by atoms with Crippen molar-refractivity contribution >= 4 is 5.84 Å². The first-order valence-electron chi connectivity index (χ1n) is 3.16. The molecule has 0 aromatic carbocycles. The standard InChI is InChI=1S/C6H12N2O/c1-4-6(3-9)8-5(2)7-4/h4,6,9H,3H2,1-2H3,(H,7,8)/t4-,6+/m1/s1. The highest BCUT2D eigenvalue weighted by atomic mass is 16.3. The first-order chi connectivity index (χ1) is 4.24. The van der Waals surface area contributed by atoms with Crippen molar-refractivity contribution in [1.29, 1.82) is 0 Å². The normalized spacial score (nSPS) is 33.9. The molecule has 3 heteroatoms. The molecule has 52 valence electrons. The number of aliphatic hydroxyl groups excluding tert-OH is 1. The molecule has 2 atom stereocenters. The van der Waals surface area contributed by atoms with Crippen molar-refractivity contribution in [1.82, 2.24) is 5.32 Å². The van der Waals surface area contributed by atoms with Gasteiger partial charge in [-0.25, -0.2) is 0 Å². The van der Waals surface area contributed by atoms with Crippen LogP contribution in [0.3, 0.4) is 0 Å². The van der Waals surface area contributed by atoms with Gasteiger partial charge in [-0.05, 0) is 13.8 Å². The summed E-state index contributed by atoms with van der Waals surface area (Å²) in [6, 6.07) is 0.375. The van der Waals surface area contributed by atoms with Gasteiger partial charge < -0.3 is 10.4 Å². The predicted molar refractivity (Wildman–Crippen MR) is 36.6 cm³/mol. The zero-order chi connectivity index (χ0) is 6.85. The van der Waals surface area contributed by atoms with Crippen LogP contribution in [0.2, 0.25) is 0 Å². The lowest BCUT2D eigenvalue weighted by atomic mass is 10.2. The minimum Gasteiger partial charge on any atom is -0.394 e. The SMILES string of the molecule is CC1=N[C@@H](CO)[C@@H](C)N1. The maximum atomic E-state index is 8.71. The summed E-state index contributed by atoms with van der Waals surface area (Å²) in [4.78, 5) is 4.14. The predicted octanol–water partition coefficient (Wildman–Crippen LogP) is -0.243. The molecule has 0 bridgehead atoms. The highest BCUT2D eigenvalue weighted by Gasteiger charge is 2.20. The number of aliphatic hydroxyl groups is 1. The van der Waals surface area contributed by atoms with E-state index in [1.54, 1.807) is 0 Å². The highest BCUT2D eigenvalue weighted by molar-refractivity contribution is 5.81. The Hall–Kier alpha value is -0.570. The van der Waals surface area contributed by atoms with Crippen molar-refractivity contribution in [2.45, 2.75) is 25.9 Å². The lowest BCUT2D eigenvalue weighted by Crippen LogP contribution is -2.32. The van der Waals surface area contributed by atoms with Crippen LogP contribution in [0.5, 0.6) is 0 Å². The molecule has 1 heterocycles. The van der Waals surface area contributed by atoms with Crippen molar-refractivity contribution in [3.05, 3.63) is 0 Å². The molecule has 2 N–H and O–H groups in total. The van der Waals surface area contributed by atoms with Crippen LogP contribution in [0.4, 0.5) is 0 Å². The number of nitrogens with one attached hydrogen (secondary N) is 1. The van der Waals surface area contributed by atoms with E-state index in [1.165, 1.54) is 0 Å². The van der Waals surface area contributed by atoms with Crippen LogP contribution in [0.1, 0.15) is 13.8 Å². The van der Waals surface area contributed by atoms with E-state index in [-0.39, 0.29) is 12.6 Å². The summed E-state index contributed by atoms with van der Waals surface area (Å²) >= 11 is 0. The van der Waals surface area contributed by atoms with Crippen molar-refractivity contribution in [2.75, 3.05) is 6.61 Å². The van der Waals surface area contributed by atoms with Crippen molar-refractivity contribution in [3.8, 4) is 0 Å². The number of hydrogen-bond donors (Lipinski definition) is 2. The second-order valence-corrected chi connectivity index (χ2v) is 2.40. The number of aliphatic imine (C=N–C) groups is 1. The first-order valence-corrected chi connectivity index (χ1v) is 3.16. The Labute approximate surface area is 54.8 Å². The maximum Gasteiger partial charge on any atom is 0.0948 e. The summed E-state index contributed by atoms with van der Waals surface area (Å²) in [5, 5.41) is 11.8. The number of rotatable bonds is 1. The van der Waals surface area contributed by atoms with Gasteiger partial charge in [-0.15, -0.1) is 0 Å². The Morgan fingerprint density at radius 2 is 2.44 bits per heavy atom.